The molecule has 34 heavy (non-hydrogen) atoms. The van der Waals surface area contributed by atoms with Gasteiger partial charge in [0.2, 0.25) is 5.43 Å². The van der Waals surface area contributed by atoms with Crippen LogP contribution in [0.3, 0.4) is 0 Å². The monoisotopic (exact) mass is 463 g/mol. The highest BCUT2D eigenvalue weighted by molar-refractivity contribution is 5.99. The van der Waals surface area contributed by atoms with Gasteiger partial charge in [0.15, 0.2) is 0 Å². The number of piperidine rings is 1. The van der Waals surface area contributed by atoms with E-state index in [2.05, 4.69) is 6.92 Å². The summed E-state index contributed by atoms with van der Waals surface area (Å²) in [5.41, 5.74) is 0.879. The van der Waals surface area contributed by atoms with Crippen LogP contribution in [-0.2, 0) is 6.54 Å². The molecule has 6 nitrogen and oxygen atoms in total. The molecule has 2 amide bonds. The number of carbonyl (C=O) groups excluding carboxylic acids is 2. The van der Waals surface area contributed by atoms with Crippen molar-refractivity contribution in [1.82, 2.24) is 14.4 Å². The molecule has 1 aromatic carbocycles. The zero-order chi connectivity index (χ0) is 23.9. The molecule has 2 heterocycles. The Morgan fingerprint density at radius 1 is 0.941 bits per heavy atom. The second-order valence-electron chi connectivity index (χ2n) is 9.72. The van der Waals surface area contributed by atoms with E-state index in [0.717, 1.165) is 63.4 Å². The third kappa shape index (κ3) is 5.60. The highest BCUT2D eigenvalue weighted by Gasteiger charge is 2.28. The van der Waals surface area contributed by atoms with Crippen LogP contribution in [0.15, 0.2) is 47.5 Å². The number of unbranched alkanes of at least 4 members (excludes halogenated alkanes) is 1. The number of benzene rings is 1. The van der Waals surface area contributed by atoms with Crippen LogP contribution in [-0.4, -0.2) is 45.8 Å². The Kier molecular flexibility index (Phi) is 8.20. The predicted molar refractivity (Wildman–Crippen MR) is 134 cm³/mol. The Morgan fingerprint density at radius 2 is 1.62 bits per heavy atom. The predicted octanol–water partition coefficient (Wildman–Crippen LogP) is 5.03. The van der Waals surface area contributed by atoms with Crippen LogP contribution < -0.4 is 5.43 Å². The zero-order valence-corrected chi connectivity index (χ0v) is 20.4. The van der Waals surface area contributed by atoms with E-state index in [0.29, 0.717) is 26.2 Å². The minimum atomic E-state index is -0.426. The van der Waals surface area contributed by atoms with Crippen LogP contribution in [0.1, 0.15) is 97.0 Å². The van der Waals surface area contributed by atoms with Gasteiger partial charge in [0.1, 0.15) is 11.1 Å². The van der Waals surface area contributed by atoms with E-state index in [-0.39, 0.29) is 29.0 Å². The topological polar surface area (TPSA) is 62.6 Å². The standard InChI is InChI=1S/C28H37N3O3/c1-2-3-16-30(19-22-12-6-4-7-13-22)28(34)25-21-31(23-14-8-9-15-23)20-24(26(25)32)27(33)29-17-10-5-11-18-29/h4,6-7,12-13,20-21,23H,2-3,5,8-11,14-19H2,1H3. The largest absolute Gasteiger partial charge is 0.349 e. The van der Waals surface area contributed by atoms with Crippen LogP contribution in [0.25, 0.3) is 0 Å². The molecule has 1 aliphatic carbocycles. The Hall–Kier alpha value is -2.89. The molecule has 1 aliphatic heterocycles. The van der Waals surface area contributed by atoms with Gasteiger partial charge in [-0.2, -0.15) is 0 Å². The number of hydrogen-bond acceptors (Lipinski definition) is 3. The second kappa shape index (κ2) is 11.5. The second-order valence-corrected chi connectivity index (χ2v) is 9.72. The van der Waals surface area contributed by atoms with Crippen molar-refractivity contribution in [2.75, 3.05) is 19.6 Å². The van der Waals surface area contributed by atoms with E-state index in [9.17, 15) is 14.4 Å². The summed E-state index contributed by atoms with van der Waals surface area (Å²) in [6, 6.07) is 10.1. The maximum atomic E-state index is 13.8. The minimum absolute atomic E-state index is 0.127. The van der Waals surface area contributed by atoms with E-state index >= 15 is 0 Å². The number of likely N-dealkylation sites (tertiary alicyclic amines) is 1. The molecule has 0 radical (unpaired) electrons. The van der Waals surface area contributed by atoms with Gasteiger partial charge >= 0.3 is 0 Å². The molecule has 2 aliphatic rings. The van der Waals surface area contributed by atoms with Gasteiger partial charge < -0.3 is 14.4 Å². The van der Waals surface area contributed by atoms with Gasteiger partial charge in [-0.3, -0.25) is 14.4 Å². The average molecular weight is 464 g/mol. The van der Waals surface area contributed by atoms with Gasteiger partial charge in [0.05, 0.1) is 0 Å². The lowest BCUT2D eigenvalue weighted by Crippen LogP contribution is -2.41. The number of carbonyl (C=O) groups is 2. The van der Waals surface area contributed by atoms with Crippen molar-refractivity contribution in [3.63, 3.8) is 0 Å². The summed E-state index contributed by atoms with van der Waals surface area (Å²) >= 11 is 0. The molecule has 182 valence electrons. The molecule has 4 rings (SSSR count). The van der Waals surface area contributed by atoms with Gasteiger partial charge in [-0.1, -0.05) is 56.5 Å². The summed E-state index contributed by atoms with van der Waals surface area (Å²) in [5.74, 6) is -0.503. The average Bonchev–Trinajstić information content (AvgIpc) is 3.42. The van der Waals surface area contributed by atoms with Gasteiger partial charge in [-0.05, 0) is 44.1 Å². The first-order valence-electron chi connectivity index (χ1n) is 13.0. The van der Waals surface area contributed by atoms with Crippen LogP contribution in [0.4, 0.5) is 0 Å². The van der Waals surface area contributed by atoms with Crippen LogP contribution in [0.5, 0.6) is 0 Å². The Morgan fingerprint density at radius 3 is 2.29 bits per heavy atom. The Labute approximate surface area is 202 Å². The number of rotatable bonds is 8. The molecule has 0 spiro atoms. The third-order valence-electron chi connectivity index (χ3n) is 7.18. The zero-order valence-electron chi connectivity index (χ0n) is 20.4. The van der Waals surface area contributed by atoms with Crippen LogP contribution in [0, 0.1) is 0 Å². The number of amides is 2. The number of nitrogens with zero attached hydrogens (tertiary/aromatic N) is 3. The summed E-state index contributed by atoms with van der Waals surface area (Å²) in [6.07, 6.45) is 12.6. The Bertz CT molecular complexity index is 1030. The van der Waals surface area contributed by atoms with Crippen molar-refractivity contribution in [3.8, 4) is 0 Å². The first-order chi connectivity index (χ1) is 16.6. The molecular formula is C28H37N3O3. The maximum Gasteiger partial charge on any atom is 0.259 e. The molecule has 1 aromatic heterocycles. The summed E-state index contributed by atoms with van der Waals surface area (Å²) < 4.78 is 1.99. The lowest BCUT2D eigenvalue weighted by Gasteiger charge is -2.28. The van der Waals surface area contributed by atoms with Gasteiger partial charge in [0.25, 0.3) is 11.8 Å². The normalized spacial score (nSPS) is 16.6. The third-order valence-corrected chi connectivity index (χ3v) is 7.18. The summed E-state index contributed by atoms with van der Waals surface area (Å²) in [6.45, 7) is 4.48. The smallest absolute Gasteiger partial charge is 0.259 e. The molecule has 1 saturated heterocycles. The van der Waals surface area contributed by atoms with Crippen molar-refractivity contribution < 1.29 is 9.59 Å². The lowest BCUT2D eigenvalue weighted by atomic mass is 10.1. The molecule has 0 bridgehead atoms. The first kappa shape index (κ1) is 24.2. The summed E-state index contributed by atoms with van der Waals surface area (Å²) in [5, 5.41) is 0. The molecule has 2 aromatic rings. The van der Waals surface area contributed by atoms with E-state index in [4.69, 9.17) is 0 Å². The number of aromatic nitrogens is 1. The molecule has 6 heteroatoms. The summed E-state index contributed by atoms with van der Waals surface area (Å²) in [4.78, 5) is 44.3. The quantitative estimate of drug-likeness (QED) is 0.551. The van der Waals surface area contributed by atoms with Gasteiger partial charge in [-0.25, -0.2) is 0 Å². The van der Waals surface area contributed by atoms with Gasteiger partial charge in [0, 0.05) is 44.6 Å². The van der Waals surface area contributed by atoms with E-state index in [1.807, 2.05) is 34.9 Å². The van der Waals surface area contributed by atoms with Crippen molar-refractivity contribution in [2.24, 2.45) is 0 Å². The molecule has 0 unspecified atom stereocenters. The lowest BCUT2D eigenvalue weighted by molar-refractivity contribution is 0.0721. The fourth-order valence-electron chi connectivity index (χ4n) is 5.16. The SMILES string of the molecule is CCCCN(Cc1ccccc1)C(=O)c1cn(C2CCCC2)cc(C(=O)N2CCCCC2)c1=O. The van der Waals surface area contributed by atoms with Crippen LogP contribution in [0.2, 0.25) is 0 Å². The fraction of sp³-hybridized carbons (Fsp3) is 0.536. The molecular weight excluding hydrogens is 426 g/mol. The minimum Gasteiger partial charge on any atom is -0.349 e. The maximum absolute atomic E-state index is 13.8. The number of hydrogen-bond donors (Lipinski definition) is 0. The molecule has 0 atom stereocenters. The Balaban J connectivity index is 1.71. The van der Waals surface area contributed by atoms with Crippen molar-refractivity contribution in [3.05, 3.63) is 69.6 Å². The van der Waals surface area contributed by atoms with Crippen molar-refractivity contribution in [2.45, 2.75) is 77.3 Å². The molecule has 1 saturated carbocycles. The van der Waals surface area contributed by atoms with Crippen molar-refractivity contribution in [1.29, 1.82) is 0 Å². The molecule has 0 N–H and O–H groups in total. The first-order valence-corrected chi connectivity index (χ1v) is 13.0. The fourth-order valence-corrected chi connectivity index (χ4v) is 5.16. The molecule has 2 fully saturated rings. The highest BCUT2D eigenvalue weighted by atomic mass is 16.2. The number of pyridine rings is 1. The van der Waals surface area contributed by atoms with E-state index in [1.165, 1.54) is 0 Å². The van der Waals surface area contributed by atoms with E-state index < -0.39 is 5.43 Å². The highest BCUT2D eigenvalue weighted by Crippen LogP contribution is 2.29. The van der Waals surface area contributed by atoms with E-state index in [1.54, 1.807) is 22.2 Å². The van der Waals surface area contributed by atoms with Crippen molar-refractivity contribution >= 4 is 11.8 Å². The van der Waals surface area contributed by atoms with Gasteiger partial charge in [-0.15, -0.1) is 0 Å². The van der Waals surface area contributed by atoms with Crippen LogP contribution >= 0.6 is 0 Å². The summed E-state index contributed by atoms with van der Waals surface area (Å²) in [7, 11) is 0.